The van der Waals surface area contributed by atoms with Crippen LogP contribution in [0, 0.1) is 13.8 Å². The van der Waals surface area contributed by atoms with Crippen molar-refractivity contribution >= 4 is 0 Å². The lowest BCUT2D eigenvalue weighted by atomic mass is 9.79. The maximum absolute atomic E-state index is 5.92. The van der Waals surface area contributed by atoms with Crippen molar-refractivity contribution in [3.8, 4) is 0 Å². The van der Waals surface area contributed by atoms with Gasteiger partial charge in [-0.05, 0) is 63.9 Å². The Morgan fingerprint density at radius 2 is 1.65 bits per heavy atom. The summed E-state index contributed by atoms with van der Waals surface area (Å²) in [6.45, 7) is 8.87. The van der Waals surface area contributed by atoms with E-state index in [1.165, 1.54) is 16.7 Å². The highest BCUT2D eigenvalue weighted by Crippen LogP contribution is 2.29. The van der Waals surface area contributed by atoms with E-state index in [0.29, 0.717) is 0 Å². The SMILES string of the molecule is CCC(CC)(C(Cc1c(C)cccc1C)NN)N(C)C. The smallest absolute Gasteiger partial charge is 0.0434 e. The highest BCUT2D eigenvalue weighted by Gasteiger charge is 2.37. The summed E-state index contributed by atoms with van der Waals surface area (Å²) < 4.78 is 0. The van der Waals surface area contributed by atoms with Crippen LogP contribution in [0.1, 0.15) is 43.4 Å². The van der Waals surface area contributed by atoms with E-state index in [1.54, 1.807) is 0 Å². The zero-order valence-corrected chi connectivity index (χ0v) is 14.0. The maximum Gasteiger partial charge on any atom is 0.0434 e. The molecule has 0 amide bonds. The molecule has 0 aliphatic carbocycles. The fourth-order valence-corrected chi connectivity index (χ4v) is 3.47. The van der Waals surface area contributed by atoms with Crippen LogP contribution in [0.3, 0.4) is 0 Å². The number of benzene rings is 1. The van der Waals surface area contributed by atoms with Crippen LogP contribution in [0.2, 0.25) is 0 Å². The van der Waals surface area contributed by atoms with Crippen LogP contribution in [0.15, 0.2) is 18.2 Å². The molecule has 3 heteroatoms. The van der Waals surface area contributed by atoms with E-state index in [0.717, 1.165) is 19.3 Å². The summed E-state index contributed by atoms with van der Waals surface area (Å²) in [4.78, 5) is 2.32. The molecule has 0 radical (unpaired) electrons. The predicted octanol–water partition coefficient (Wildman–Crippen LogP) is 2.80. The first-order valence-electron chi connectivity index (χ1n) is 7.61. The van der Waals surface area contributed by atoms with Crippen molar-refractivity contribution in [3.63, 3.8) is 0 Å². The number of hydrogen-bond donors (Lipinski definition) is 2. The Morgan fingerprint density at radius 1 is 1.15 bits per heavy atom. The zero-order chi connectivity index (χ0) is 15.3. The van der Waals surface area contributed by atoms with Gasteiger partial charge in [-0.2, -0.15) is 0 Å². The molecule has 3 nitrogen and oxygen atoms in total. The highest BCUT2D eigenvalue weighted by molar-refractivity contribution is 5.34. The molecule has 0 saturated heterocycles. The zero-order valence-electron chi connectivity index (χ0n) is 14.0. The summed E-state index contributed by atoms with van der Waals surface area (Å²) in [5.41, 5.74) is 7.30. The van der Waals surface area contributed by atoms with Crippen molar-refractivity contribution in [2.75, 3.05) is 14.1 Å². The van der Waals surface area contributed by atoms with Gasteiger partial charge >= 0.3 is 0 Å². The van der Waals surface area contributed by atoms with Gasteiger partial charge in [-0.15, -0.1) is 0 Å². The monoisotopic (exact) mass is 277 g/mol. The Morgan fingerprint density at radius 3 is 2.00 bits per heavy atom. The minimum atomic E-state index is 0.0868. The summed E-state index contributed by atoms with van der Waals surface area (Å²) in [6, 6.07) is 6.74. The molecule has 1 unspecified atom stereocenters. The summed E-state index contributed by atoms with van der Waals surface area (Å²) in [5.74, 6) is 5.92. The van der Waals surface area contributed by atoms with E-state index in [1.807, 2.05) is 0 Å². The Labute approximate surface area is 124 Å². The van der Waals surface area contributed by atoms with Gasteiger partial charge in [0.1, 0.15) is 0 Å². The van der Waals surface area contributed by atoms with Gasteiger partial charge in [-0.1, -0.05) is 32.0 Å². The van der Waals surface area contributed by atoms with E-state index in [4.69, 9.17) is 5.84 Å². The highest BCUT2D eigenvalue weighted by atomic mass is 15.3. The molecule has 0 heterocycles. The normalized spacial score (nSPS) is 13.8. The van der Waals surface area contributed by atoms with E-state index in [2.05, 4.69) is 70.3 Å². The standard InChI is InChI=1S/C17H31N3/c1-7-17(8-2,20(5)6)16(19-18)12-15-13(3)10-9-11-14(15)4/h9-11,16,19H,7-8,12,18H2,1-6H3. The van der Waals surface area contributed by atoms with Crippen LogP contribution in [0.25, 0.3) is 0 Å². The van der Waals surface area contributed by atoms with Crippen molar-refractivity contribution in [2.24, 2.45) is 5.84 Å². The van der Waals surface area contributed by atoms with Crippen molar-refractivity contribution in [3.05, 3.63) is 34.9 Å². The van der Waals surface area contributed by atoms with Crippen molar-refractivity contribution in [2.45, 2.75) is 58.5 Å². The lowest BCUT2D eigenvalue weighted by Crippen LogP contribution is -2.61. The molecule has 0 aliphatic rings. The summed E-state index contributed by atoms with van der Waals surface area (Å²) in [7, 11) is 4.31. The number of likely N-dealkylation sites (N-methyl/N-ethyl adjacent to an activating group) is 1. The number of nitrogens with one attached hydrogen (secondary N) is 1. The second kappa shape index (κ2) is 7.21. The number of hydrogen-bond acceptors (Lipinski definition) is 3. The fourth-order valence-electron chi connectivity index (χ4n) is 3.47. The van der Waals surface area contributed by atoms with E-state index < -0.39 is 0 Å². The number of aryl methyl sites for hydroxylation is 2. The third-order valence-electron chi connectivity index (χ3n) is 5.02. The lowest BCUT2D eigenvalue weighted by Gasteiger charge is -2.45. The largest absolute Gasteiger partial charge is 0.302 e. The van der Waals surface area contributed by atoms with Gasteiger partial charge in [-0.25, -0.2) is 0 Å². The Hall–Kier alpha value is -0.900. The second-order valence-corrected chi connectivity index (χ2v) is 6.00. The maximum atomic E-state index is 5.92. The number of nitrogens with zero attached hydrogens (tertiary/aromatic N) is 1. The lowest BCUT2D eigenvalue weighted by molar-refractivity contribution is 0.0881. The van der Waals surface area contributed by atoms with Crippen LogP contribution in [-0.2, 0) is 6.42 Å². The molecular weight excluding hydrogens is 246 g/mol. The van der Waals surface area contributed by atoms with Crippen molar-refractivity contribution in [1.29, 1.82) is 0 Å². The fraction of sp³-hybridized carbons (Fsp3) is 0.647. The molecule has 3 N–H and O–H groups in total. The quantitative estimate of drug-likeness (QED) is 0.595. The topological polar surface area (TPSA) is 41.3 Å². The average Bonchev–Trinajstić information content (AvgIpc) is 2.42. The first-order valence-corrected chi connectivity index (χ1v) is 7.61. The third kappa shape index (κ3) is 3.22. The first kappa shape index (κ1) is 17.2. The van der Waals surface area contributed by atoms with Crippen LogP contribution >= 0.6 is 0 Å². The molecule has 0 saturated carbocycles. The molecule has 0 aliphatic heterocycles. The van der Waals surface area contributed by atoms with Gasteiger partial charge in [0.25, 0.3) is 0 Å². The molecule has 1 aromatic carbocycles. The van der Waals surface area contributed by atoms with Crippen molar-refractivity contribution in [1.82, 2.24) is 10.3 Å². The summed E-state index contributed by atoms with van der Waals surface area (Å²) in [6.07, 6.45) is 3.13. The molecule has 1 atom stereocenters. The molecule has 1 aromatic rings. The van der Waals surface area contributed by atoms with Gasteiger partial charge in [0, 0.05) is 11.6 Å². The van der Waals surface area contributed by atoms with Crippen LogP contribution in [0.4, 0.5) is 0 Å². The minimum Gasteiger partial charge on any atom is -0.302 e. The molecule has 0 aromatic heterocycles. The van der Waals surface area contributed by atoms with Gasteiger partial charge in [0.2, 0.25) is 0 Å². The van der Waals surface area contributed by atoms with Crippen molar-refractivity contribution < 1.29 is 0 Å². The molecular formula is C17H31N3. The van der Waals surface area contributed by atoms with Gasteiger partial charge in [-0.3, -0.25) is 11.3 Å². The van der Waals surface area contributed by atoms with Gasteiger partial charge in [0.05, 0.1) is 0 Å². The van der Waals surface area contributed by atoms with E-state index in [-0.39, 0.29) is 11.6 Å². The summed E-state index contributed by atoms with van der Waals surface area (Å²) >= 11 is 0. The summed E-state index contributed by atoms with van der Waals surface area (Å²) in [5, 5.41) is 0. The average molecular weight is 277 g/mol. The Balaban J connectivity index is 3.13. The van der Waals surface area contributed by atoms with Gasteiger partial charge < -0.3 is 4.90 Å². The molecule has 1 rings (SSSR count). The molecule has 114 valence electrons. The van der Waals surface area contributed by atoms with E-state index >= 15 is 0 Å². The molecule has 20 heavy (non-hydrogen) atoms. The van der Waals surface area contributed by atoms with Crippen LogP contribution in [0.5, 0.6) is 0 Å². The molecule has 0 fully saturated rings. The predicted molar refractivity (Wildman–Crippen MR) is 87.7 cm³/mol. The number of nitrogens with two attached hydrogens (primary N) is 1. The second-order valence-electron chi connectivity index (χ2n) is 6.00. The van der Waals surface area contributed by atoms with E-state index in [9.17, 15) is 0 Å². The third-order valence-corrected chi connectivity index (χ3v) is 5.02. The number of rotatable bonds is 7. The minimum absolute atomic E-state index is 0.0868. The van der Waals surface area contributed by atoms with Crippen LogP contribution in [-0.4, -0.2) is 30.6 Å². The van der Waals surface area contributed by atoms with Gasteiger partial charge in [0.15, 0.2) is 0 Å². The molecule has 0 bridgehead atoms. The van der Waals surface area contributed by atoms with Crippen LogP contribution < -0.4 is 11.3 Å². The first-order chi connectivity index (χ1) is 9.42. The Bertz CT molecular complexity index is 402. The number of hydrazine groups is 1. The molecule has 0 spiro atoms. The Kier molecular flexibility index (Phi) is 6.18.